The first-order chi connectivity index (χ1) is 13.6. The molecule has 0 aliphatic carbocycles. The number of ether oxygens (including phenoxy) is 1. The van der Waals surface area contributed by atoms with Crippen LogP contribution >= 0.6 is 0 Å². The average Bonchev–Trinajstić information content (AvgIpc) is 2.97. The van der Waals surface area contributed by atoms with Crippen molar-refractivity contribution in [1.29, 1.82) is 0 Å². The van der Waals surface area contributed by atoms with Gasteiger partial charge in [-0.3, -0.25) is 19.3 Å². The summed E-state index contributed by atoms with van der Waals surface area (Å²) in [6, 6.07) is 14.7. The molecule has 1 N–H and O–H groups in total. The SMILES string of the molecule is COc1ccc(CCCNC(=O)CCCN2C(=O)c3ccccc3C2=O)cc1. The average molecular weight is 380 g/mol. The van der Waals surface area contributed by atoms with E-state index in [0.29, 0.717) is 24.1 Å². The summed E-state index contributed by atoms with van der Waals surface area (Å²) in [6.07, 6.45) is 2.46. The van der Waals surface area contributed by atoms with E-state index < -0.39 is 0 Å². The first-order valence-corrected chi connectivity index (χ1v) is 9.45. The van der Waals surface area contributed by atoms with Gasteiger partial charge in [0, 0.05) is 19.5 Å². The van der Waals surface area contributed by atoms with Crippen molar-refractivity contribution in [2.75, 3.05) is 20.2 Å². The highest BCUT2D eigenvalue weighted by atomic mass is 16.5. The van der Waals surface area contributed by atoms with Crippen LogP contribution in [0.5, 0.6) is 5.75 Å². The zero-order valence-electron chi connectivity index (χ0n) is 15.9. The Morgan fingerprint density at radius 2 is 1.61 bits per heavy atom. The Morgan fingerprint density at radius 3 is 2.21 bits per heavy atom. The molecule has 2 aromatic carbocycles. The Labute approximate surface area is 164 Å². The number of carbonyl (C=O) groups excluding carboxylic acids is 3. The first kappa shape index (κ1) is 19.6. The predicted octanol–water partition coefficient (Wildman–Crippen LogP) is 2.82. The molecule has 0 atom stereocenters. The zero-order valence-corrected chi connectivity index (χ0v) is 15.9. The van der Waals surface area contributed by atoms with Gasteiger partial charge in [0.1, 0.15) is 5.75 Å². The van der Waals surface area contributed by atoms with E-state index in [-0.39, 0.29) is 30.7 Å². The molecule has 0 aromatic heterocycles. The second-order valence-corrected chi connectivity index (χ2v) is 6.71. The summed E-state index contributed by atoms with van der Waals surface area (Å²) < 4.78 is 5.13. The van der Waals surface area contributed by atoms with E-state index in [0.717, 1.165) is 18.6 Å². The summed E-state index contributed by atoms with van der Waals surface area (Å²) in [5.41, 5.74) is 2.08. The Hall–Kier alpha value is -3.15. The maximum Gasteiger partial charge on any atom is 0.261 e. The zero-order chi connectivity index (χ0) is 19.9. The number of nitrogens with one attached hydrogen (secondary N) is 1. The molecule has 0 saturated heterocycles. The minimum absolute atomic E-state index is 0.0636. The monoisotopic (exact) mass is 380 g/mol. The highest BCUT2D eigenvalue weighted by Gasteiger charge is 2.34. The third kappa shape index (κ3) is 4.57. The molecule has 6 nitrogen and oxygen atoms in total. The van der Waals surface area contributed by atoms with Crippen molar-refractivity contribution in [2.24, 2.45) is 0 Å². The third-order valence-corrected chi connectivity index (χ3v) is 4.79. The second-order valence-electron chi connectivity index (χ2n) is 6.71. The standard InChI is InChI=1S/C22H24N2O4/c1-28-17-12-10-16(11-13-17)6-4-14-23-20(25)9-5-15-24-21(26)18-7-2-3-8-19(18)22(24)27/h2-3,7-8,10-13H,4-6,9,14-15H2,1H3,(H,23,25). The Balaban J connectivity index is 1.34. The van der Waals surface area contributed by atoms with Crippen LogP contribution in [-0.2, 0) is 11.2 Å². The van der Waals surface area contributed by atoms with Gasteiger partial charge >= 0.3 is 0 Å². The number of carbonyl (C=O) groups is 3. The highest BCUT2D eigenvalue weighted by Crippen LogP contribution is 2.22. The van der Waals surface area contributed by atoms with E-state index in [1.807, 2.05) is 24.3 Å². The van der Waals surface area contributed by atoms with Gasteiger partial charge in [0.05, 0.1) is 18.2 Å². The number of nitrogens with zero attached hydrogens (tertiary/aromatic N) is 1. The fraction of sp³-hybridized carbons (Fsp3) is 0.318. The van der Waals surface area contributed by atoms with Crippen molar-refractivity contribution in [2.45, 2.75) is 25.7 Å². The molecular weight excluding hydrogens is 356 g/mol. The van der Waals surface area contributed by atoms with Crippen LogP contribution in [0.25, 0.3) is 0 Å². The summed E-state index contributed by atoms with van der Waals surface area (Å²) in [7, 11) is 1.64. The molecule has 0 radical (unpaired) electrons. The summed E-state index contributed by atoms with van der Waals surface area (Å²) >= 11 is 0. The predicted molar refractivity (Wildman–Crippen MR) is 105 cm³/mol. The maximum atomic E-state index is 12.3. The van der Waals surface area contributed by atoms with Crippen LogP contribution in [0.1, 0.15) is 45.5 Å². The fourth-order valence-electron chi connectivity index (χ4n) is 3.24. The Morgan fingerprint density at radius 1 is 0.964 bits per heavy atom. The van der Waals surface area contributed by atoms with E-state index in [4.69, 9.17) is 4.74 Å². The lowest BCUT2D eigenvalue weighted by atomic mass is 10.1. The largest absolute Gasteiger partial charge is 0.497 e. The van der Waals surface area contributed by atoms with E-state index in [9.17, 15) is 14.4 Å². The molecule has 146 valence electrons. The number of benzene rings is 2. The molecule has 0 spiro atoms. The normalized spacial score (nSPS) is 12.8. The fourth-order valence-corrected chi connectivity index (χ4v) is 3.24. The number of methoxy groups -OCH3 is 1. The summed E-state index contributed by atoms with van der Waals surface area (Å²) in [6.45, 7) is 0.851. The van der Waals surface area contributed by atoms with E-state index in [2.05, 4.69) is 5.32 Å². The lowest BCUT2D eigenvalue weighted by molar-refractivity contribution is -0.121. The van der Waals surface area contributed by atoms with Crippen molar-refractivity contribution >= 4 is 17.7 Å². The van der Waals surface area contributed by atoms with Gasteiger partial charge in [-0.25, -0.2) is 0 Å². The summed E-state index contributed by atoms with van der Waals surface area (Å²) in [5.74, 6) is 0.211. The van der Waals surface area contributed by atoms with Crippen LogP contribution in [0, 0.1) is 0 Å². The molecule has 1 heterocycles. The Kier molecular flexibility index (Phi) is 6.42. The number of aryl methyl sites for hydroxylation is 1. The number of fused-ring (bicyclic) bond motifs is 1. The smallest absolute Gasteiger partial charge is 0.261 e. The van der Waals surface area contributed by atoms with Crippen LogP contribution in [0.15, 0.2) is 48.5 Å². The van der Waals surface area contributed by atoms with Gasteiger partial charge in [-0.2, -0.15) is 0 Å². The van der Waals surface area contributed by atoms with Crippen molar-refractivity contribution in [3.8, 4) is 5.75 Å². The number of imide groups is 1. The molecule has 2 aromatic rings. The topological polar surface area (TPSA) is 75.7 Å². The molecule has 3 rings (SSSR count). The van der Waals surface area contributed by atoms with E-state index >= 15 is 0 Å². The molecule has 0 bridgehead atoms. The van der Waals surface area contributed by atoms with Crippen LogP contribution in [0.3, 0.4) is 0 Å². The molecule has 0 unspecified atom stereocenters. The van der Waals surface area contributed by atoms with Gasteiger partial charge in [-0.15, -0.1) is 0 Å². The van der Waals surface area contributed by atoms with Crippen LogP contribution in [-0.4, -0.2) is 42.8 Å². The Bertz CT molecular complexity index is 826. The van der Waals surface area contributed by atoms with Crippen molar-refractivity contribution in [3.63, 3.8) is 0 Å². The molecule has 0 fully saturated rings. The molecular formula is C22H24N2O4. The van der Waals surface area contributed by atoms with Gasteiger partial charge in [0.15, 0.2) is 0 Å². The molecule has 28 heavy (non-hydrogen) atoms. The van der Waals surface area contributed by atoms with Crippen LogP contribution in [0.2, 0.25) is 0 Å². The number of hydrogen-bond donors (Lipinski definition) is 1. The summed E-state index contributed by atoms with van der Waals surface area (Å²) in [4.78, 5) is 37.7. The molecule has 3 amide bonds. The quantitative estimate of drug-likeness (QED) is 0.536. The first-order valence-electron chi connectivity index (χ1n) is 9.45. The third-order valence-electron chi connectivity index (χ3n) is 4.79. The van der Waals surface area contributed by atoms with E-state index in [1.54, 1.807) is 31.4 Å². The van der Waals surface area contributed by atoms with Gasteiger partial charge in [-0.05, 0) is 49.1 Å². The number of amides is 3. The van der Waals surface area contributed by atoms with Gasteiger partial charge in [-0.1, -0.05) is 24.3 Å². The minimum atomic E-state index is -0.277. The molecule has 1 aliphatic rings. The van der Waals surface area contributed by atoms with Crippen molar-refractivity contribution < 1.29 is 19.1 Å². The molecule has 1 aliphatic heterocycles. The van der Waals surface area contributed by atoms with Crippen molar-refractivity contribution in [3.05, 3.63) is 65.2 Å². The van der Waals surface area contributed by atoms with Gasteiger partial charge in [0.25, 0.3) is 11.8 Å². The molecule has 0 saturated carbocycles. The summed E-state index contributed by atoms with van der Waals surface area (Å²) in [5, 5.41) is 2.89. The highest BCUT2D eigenvalue weighted by molar-refractivity contribution is 6.21. The van der Waals surface area contributed by atoms with Crippen LogP contribution < -0.4 is 10.1 Å². The lowest BCUT2D eigenvalue weighted by Gasteiger charge is -2.13. The molecule has 6 heteroatoms. The number of hydrogen-bond acceptors (Lipinski definition) is 4. The van der Waals surface area contributed by atoms with Crippen molar-refractivity contribution in [1.82, 2.24) is 10.2 Å². The minimum Gasteiger partial charge on any atom is -0.497 e. The van der Waals surface area contributed by atoms with Crippen LogP contribution in [0.4, 0.5) is 0 Å². The number of rotatable bonds is 9. The van der Waals surface area contributed by atoms with E-state index in [1.165, 1.54) is 10.5 Å². The van der Waals surface area contributed by atoms with Gasteiger partial charge in [0.2, 0.25) is 5.91 Å². The lowest BCUT2D eigenvalue weighted by Crippen LogP contribution is -2.32. The maximum absolute atomic E-state index is 12.3. The van der Waals surface area contributed by atoms with Gasteiger partial charge < -0.3 is 10.1 Å². The second kappa shape index (κ2) is 9.17.